The summed E-state index contributed by atoms with van der Waals surface area (Å²) >= 11 is 0. The minimum Gasteiger partial charge on any atom is -0.462 e. The first-order chi connectivity index (χ1) is 15.1. The van der Waals surface area contributed by atoms with Crippen molar-refractivity contribution in [2.75, 3.05) is 0 Å². The summed E-state index contributed by atoms with van der Waals surface area (Å²) in [5.74, 6) is 4.11. The highest BCUT2D eigenvalue weighted by molar-refractivity contribution is 5.66. The summed E-state index contributed by atoms with van der Waals surface area (Å²) in [5, 5.41) is 0. The zero-order valence-electron chi connectivity index (χ0n) is 21.6. The Kier molecular flexibility index (Phi) is 6.56. The molecule has 0 aromatic heterocycles. The minimum atomic E-state index is -0.136. The van der Waals surface area contributed by atoms with E-state index < -0.39 is 0 Å². The highest BCUT2D eigenvalue weighted by Crippen LogP contribution is 2.66. The standard InChI is InChI=1S/C30H46O2/c1-19(2)20(3)8-9-21(4)26-12-13-27-25-11-10-23-18-24(32-22(5)31)14-16-29(23,6)28(25)15-17-30(26,27)7/h8-11,19-21,24,26-28H,12-18H2,1-7H3/b9-8+/t20-,21+,24+,26+,27-,28-,29-,30+/m0/s1. The lowest BCUT2D eigenvalue weighted by atomic mass is 9.50. The third-order valence-corrected chi connectivity index (χ3v) is 10.3. The summed E-state index contributed by atoms with van der Waals surface area (Å²) in [7, 11) is 0. The van der Waals surface area contributed by atoms with Crippen LogP contribution < -0.4 is 0 Å². The van der Waals surface area contributed by atoms with Gasteiger partial charge in [-0.25, -0.2) is 0 Å². The monoisotopic (exact) mass is 438 g/mol. The van der Waals surface area contributed by atoms with Crippen LogP contribution in [0.4, 0.5) is 0 Å². The van der Waals surface area contributed by atoms with Crippen LogP contribution in [0.25, 0.3) is 0 Å². The third-order valence-electron chi connectivity index (χ3n) is 10.3. The van der Waals surface area contributed by atoms with Gasteiger partial charge in [0, 0.05) is 13.3 Å². The van der Waals surface area contributed by atoms with Gasteiger partial charge in [-0.1, -0.05) is 77.0 Å². The fraction of sp³-hybridized carbons (Fsp3) is 0.767. The number of ether oxygens (including phenoxy) is 1. The van der Waals surface area contributed by atoms with Crippen LogP contribution in [0.3, 0.4) is 0 Å². The van der Waals surface area contributed by atoms with Crippen LogP contribution in [0, 0.1) is 46.3 Å². The van der Waals surface area contributed by atoms with Gasteiger partial charge in [-0.05, 0) is 84.9 Å². The number of fused-ring (bicyclic) bond motifs is 5. The molecule has 2 heteroatoms. The molecule has 0 aromatic rings. The topological polar surface area (TPSA) is 26.3 Å². The molecule has 4 aliphatic rings. The van der Waals surface area contributed by atoms with Gasteiger partial charge in [0.25, 0.3) is 0 Å². The predicted molar refractivity (Wildman–Crippen MR) is 133 cm³/mol. The van der Waals surface area contributed by atoms with Crippen molar-refractivity contribution in [3.63, 3.8) is 0 Å². The lowest BCUT2D eigenvalue weighted by molar-refractivity contribution is -0.148. The van der Waals surface area contributed by atoms with Crippen molar-refractivity contribution >= 4 is 5.97 Å². The van der Waals surface area contributed by atoms with E-state index in [1.54, 1.807) is 12.5 Å². The van der Waals surface area contributed by atoms with Crippen LogP contribution >= 0.6 is 0 Å². The molecule has 3 saturated carbocycles. The molecule has 2 nitrogen and oxygen atoms in total. The van der Waals surface area contributed by atoms with Gasteiger partial charge in [0.05, 0.1) is 0 Å². The molecule has 4 aliphatic carbocycles. The van der Waals surface area contributed by atoms with Gasteiger partial charge in [0.1, 0.15) is 6.10 Å². The van der Waals surface area contributed by atoms with Gasteiger partial charge in [-0.15, -0.1) is 0 Å². The normalized spacial score (nSPS) is 40.8. The van der Waals surface area contributed by atoms with Crippen molar-refractivity contribution in [1.82, 2.24) is 0 Å². The predicted octanol–water partition coefficient (Wildman–Crippen LogP) is 7.90. The van der Waals surface area contributed by atoms with E-state index in [4.69, 9.17) is 4.74 Å². The van der Waals surface area contributed by atoms with E-state index in [-0.39, 0.29) is 17.5 Å². The first-order valence-corrected chi connectivity index (χ1v) is 13.3. The fourth-order valence-electron chi connectivity index (χ4n) is 7.92. The van der Waals surface area contributed by atoms with Crippen molar-refractivity contribution in [1.29, 1.82) is 0 Å². The number of carbonyl (C=O) groups excluding carboxylic acids is 1. The van der Waals surface area contributed by atoms with Crippen molar-refractivity contribution < 1.29 is 9.53 Å². The zero-order valence-corrected chi connectivity index (χ0v) is 21.6. The van der Waals surface area contributed by atoms with E-state index in [2.05, 4.69) is 65.8 Å². The minimum absolute atomic E-state index is 0.0763. The average Bonchev–Trinajstić information content (AvgIpc) is 3.08. The molecular weight excluding hydrogens is 392 g/mol. The number of carbonyl (C=O) groups is 1. The molecule has 0 amide bonds. The second-order valence-corrected chi connectivity index (χ2v) is 12.4. The lowest BCUT2D eigenvalue weighted by Crippen LogP contribution is -2.46. The highest BCUT2D eigenvalue weighted by Gasteiger charge is 2.56. The molecule has 8 atom stereocenters. The van der Waals surface area contributed by atoms with Crippen LogP contribution in [-0.2, 0) is 9.53 Å². The maximum absolute atomic E-state index is 11.5. The van der Waals surface area contributed by atoms with Crippen molar-refractivity contribution in [2.45, 2.75) is 99.5 Å². The first kappa shape index (κ1) is 23.8. The largest absolute Gasteiger partial charge is 0.462 e. The van der Waals surface area contributed by atoms with E-state index >= 15 is 0 Å². The molecule has 178 valence electrons. The van der Waals surface area contributed by atoms with Crippen LogP contribution in [0.1, 0.15) is 93.4 Å². The second-order valence-electron chi connectivity index (χ2n) is 12.4. The lowest BCUT2D eigenvalue weighted by Gasteiger charge is -2.55. The Hall–Kier alpha value is -1.31. The summed E-state index contributed by atoms with van der Waals surface area (Å²) in [5.41, 5.74) is 3.98. The Balaban J connectivity index is 1.54. The van der Waals surface area contributed by atoms with E-state index in [9.17, 15) is 4.79 Å². The summed E-state index contributed by atoms with van der Waals surface area (Å²) in [4.78, 5) is 11.5. The molecule has 0 aliphatic heterocycles. The number of hydrogen-bond acceptors (Lipinski definition) is 2. The molecule has 0 aromatic carbocycles. The molecular formula is C30H46O2. The van der Waals surface area contributed by atoms with Crippen LogP contribution in [0.2, 0.25) is 0 Å². The average molecular weight is 439 g/mol. The quantitative estimate of drug-likeness (QED) is 0.322. The summed E-state index contributed by atoms with van der Waals surface area (Å²) in [6, 6.07) is 0. The first-order valence-electron chi connectivity index (χ1n) is 13.3. The van der Waals surface area contributed by atoms with Gasteiger partial charge in [-0.3, -0.25) is 4.79 Å². The number of rotatable bonds is 5. The van der Waals surface area contributed by atoms with Crippen LogP contribution in [-0.4, -0.2) is 12.1 Å². The Bertz CT molecular complexity index is 817. The van der Waals surface area contributed by atoms with Gasteiger partial charge in [0.2, 0.25) is 0 Å². The summed E-state index contributed by atoms with van der Waals surface area (Å²) in [6.45, 7) is 16.1. The maximum atomic E-state index is 11.5. The summed E-state index contributed by atoms with van der Waals surface area (Å²) in [6.07, 6.45) is 18.5. The number of esters is 1. The Morgan fingerprint density at radius 1 is 1.00 bits per heavy atom. The van der Waals surface area contributed by atoms with E-state index in [0.717, 1.165) is 31.1 Å². The van der Waals surface area contributed by atoms with Crippen molar-refractivity contribution in [3.05, 3.63) is 35.5 Å². The molecule has 4 rings (SSSR count). The second kappa shape index (κ2) is 8.80. The maximum Gasteiger partial charge on any atom is 0.302 e. The van der Waals surface area contributed by atoms with Crippen LogP contribution in [0.5, 0.6) is 0 Å². The molecule has 0 N–H and O–H groups in total. The fourth-order valence-corrected chi connectivity index (χ4v) is 7.92. The van der Waals surface area contributed by atoms with Gasteiger partial charge in [0.15, 0.2) is 0 Å². The molecule has 0 saturated heterocycles. The zero-order chi connectivity index (χ0) is 23.3. The van der Waals surface area contributed by atoms with Crippen molar-refractivity contribution in [3.8, 4) is 0 Å². The summed E-state index contributed by atoms with van der Waals surface area (Å²) < 4.78 is 5.59. The molecule has 0 spiro atoms. The van der Waals surface area contributed by atoms with Gasteiger partial charge in [-0.2, -0.15) is 0 Å². The van der Waals surface area contributed by atoms with Gasteiger partial charge < -0.3 is 4.74 Å². The Morgan fingerprint density at radius 3 is 2.44 bits per heavy atom. The third kappa shape index (κ3) is 4.05. The highest BCUT2D eigenvalue weighted by atomic mass is 16.5. The van der Waals surface area contributed by atoms with E-state index in [1.165, 1.54) is 31.3 Å². The molecule has 0 unspecified atom stereocenters. The SMILES string of the molecule is CC(=O)O[C@@H]1CC[C@@]2(C)C(=CC=C3[C@@H]4CC[C@H]([C@H](C)/C=C/[C@H](C)C(C)C)[C@@]4(C)CC[C@@H]32)C1. The Morgan fingerprint density at radius 2 is 1.75 bits per heavy atom. The van der Waals surface area contributed by atoms with E-state index in [1.807, 2.05) is 0 Å². The smallest absolute Gasteiger partial charge is 0.302 e. The Labute approximate surface area is 197 Å². The van der Waals surface area contributed by atoms with Gasteiger partial charge >= 0.3 is 5.97 Å². The van der Waals surface area contributed by atoms with E-state index in [0.29, 0.717) is 29.1 Å². The van der Waals surface area contributed by atoms with Crippen molar-refractivity contribution in [2.24, 2.45) is 46.3 Å². The molecule has 0 heterocycles. The molecule has 0 radical (unpaired) electrons. The molecule has 3 fully saturated rings. The van der Waals surface area contributed by atoms with Crippen LogP contribution in [0.15, 0.2) is 35.5 Å². The number of allylic oxidation sites excluding steroid dienone is 5. The molecule has 32 heavy (non-hydrogen) atoms. The number of hydrogen-bond donors (Lipinski definition) is 0. The molecule has 0 bridgehead atoms.